The Labute approximate surface area is 201 Å². The lowest BCUT2D eigenvalue weighted by molar-refractivity contribution is 0.483. The summed E-state index contributed by atoms with van der Waals surface area (Å²) >= 11 is 0. The minimum absolute atomic E-state index is 0.0219. The molecule has 1 aromatic heterocycles. The molecular formula is C28H23N5O2. The Morgan fingerprint density at radius 1 is 0.714 bits per heavy atom. The summed E-state index contributed by atoms with van der Waals surface area (Å²) in [5.41, 5.74) is 14.1. The van der Waals surface area contributed by atoms with Crippen LogP contribution in [0.1, 0.15) is 16.7 Å². The zero-order valence-corrected chi connectivity index (χ0v) is 18.8. The van der Waals surface area contributed by atoms with Crippen LogP contribution in [0.15, 0.2) is 95.8 Å². The largest absolute Gasteiger partial charge is 0.457 e. The van der Waals surface area contributed by atoms with E-state index >= 15 is 0 Å². The van der Waals surface area contributed by atoms with Crippen LogP contribution in [0.25, 0.3) is 21.7 Å². The molecule has 0 saturated carbocycles. The van der Waals surface area contributed by atoms with Crippen molar-refractivity contribution in [2.24, 2.45) is 11.5 Å². The van der Waals surface area contributed by atoms with Crippen molar-refractivity contribution in [1.29, 1.82) is 10.8 Å². The van der Waals surface area contributed by atoms with E-state index in [0.717, 1.165) is 27.2 Å². The van der Waals surface area contributed by atoms with E-state index in [1.807, 2.05) is 54.6 Å². The van der Waals surface area contributed by atoms with E-state index in [2.05, 4.69) is 0 Å². The van der Waals surface area contributed by atoms with Crippen LogP contribution in [0.5, 0.6) is 11.5 Å². The fourth-order valence-electron chi connectivity index (χ4n) is 4.12. The van der Waals surface area contributed by atoms with Crippen LogP contribution < -0.4 is 21.8 Å². The molecule has 0 aliphatic heterocycles. The fraction of sp³-hybridized carbons (Fsp3) is 0.0357. The summed E-state index contributed by atoms with van der Waals surface area (Å²) in [6.45, 7) is 0.400. The highest BCUT2D eigenvalue weighted by Crippen LogP contribution is 2.26. The third kappa shape index (κ3) is 4.47. The number of hydrogen-bond acceptors (Lipinski definition) is 4. The molecule has 7 heteroatoms. The predicted octanol–water partition coefficient (Wildman–Crippen LogP) is 4.56. The van der Waals surface area contributed by atoms with Gasteiger partial charge in [0.15, 0.2) is 0 Å². The third-order valence-corrected chi connectivity index (χ3v) is 5.90. The smallest absolute Gasteiger partial charge is 0.251 e. The SMILES string of the molecule is N=C(N)c1cccc(Oc2ccc3c(ccc(=O)n3Cc3ccc4ccc(C(=N)N)cc4c3)c2)c1. The zero-order valence-electron chi connectivity index (χ0n) is 18.8. The summed E-state index contributed by atoms with van der Waals surface area (Å²) in [6, 6.07) is 27.6. The highest BCUT2D eigenvalue weighted by molar-refractivity contribution is 5.99. The van der Waals surface area contributed by atoms with Crippen LogP contribution in [0.4, 0.5) is 0 Å². The normalized spacial score (nSPS) is 11.0. The second-order valence-corrected chi connectivity index (χ2v) is 8.33. The number of nitrogens with zero attached hydrogens (tertiary/aromatic N) is 1. The summed E-state index contributed by atoms with van der Waals surface area (Å²) in [5, 5.41) is 18.2. The van der Waals surface area contributed by atoms with Crippen LogP contribution in [0, 0.1) is 10.8 Å². The molecule has 0 bridgehead atoms. The molecule has 172 valence electrons. The maximum Gasteiger partial charge on any atom is 0.251 e. The van der Waals surface area contributed by atoms with E-state index < -0.39 is 0 Å². The average molecular weight is 462 g/mol. The standard InChI is InChI=1S/C28H23N5O2/c29-27(30)20-2-1-3-23(15-20)35-24-9-10-25-19(14-24)8-11-26(34)33(25)16-17-4-5-18-6-7-21(28(31)32)13-22(18)12-17/h1-15H,16H2,(H3,29,30)(H3,31,32). The lowest BCUT2D eigenvalue weighted by Crippen LogP contribution is -2.19. The fourth-order valence-corrected chi connectivity index (χ4v) is 4.12. The molecule has 5 rings (SSSR count). The van der Waals surface area contributed by atoms with Crippen molar-refractivity contribution in [3.63, 3.8) is 0 Å². The maximum absolute atomic E-state index is 12.8. The number of benzene rings is 4. The van der Waals surface area contributed by atoms with E-state index in [1.165, 1.54) is 0 Å². The Hall–Kier alpha value is -4.91. The Bertz CT molecular complexity index is 1690. The van der Waals surface area contributed by atoms with Gasteiger partial charge in [-0.05, 0) is 64.9 Å². The van der Waals surface area contributed by atoms with Gasteiger partial charge < -0.3 is 20.8 Å². The molecule has 6 N–H and O–H groups in total. The van der Waals surface area contributed by atoms with Gasteiger partial charge in [-0.1, -0.05) is 36.4 Å². The maximum atomic E-state index is 12.8. The van der Waals surface area contributed by atoms with E-state index in [9.17, 15) is 4.79 Å². The van der Waals surface area contributed by atoms with Gasteiger partial charge in [0.05, 0.1) is 12.1 Å². The molecule has 0 spiro atoms. The van der Waals surface area contributed by atoms with Gasteiger partial charge in [-0.2, -0.15) is 0 Å². The first-order valence-corrected chi connectivity index (χ1v) is 11.0. The predicted molar refractivity (Wildman–Crippen MR) is 140 cm³/mol. The van der Waals surface area contributed by atoms with Crippen molar-refractivity contribution in [3.05, 3.63) is 118 Å². The van der Waals surface area contributed by atoms with Gasteiger partial charge in [0.1, 0.15) is 23.2 Å². The zero-order chi connectivity index (χ0) is 24.5. The van der Waals surface area contributed by atoms with Gasteiger partial charge in [0.25, 0.3) is 5.56 Å². The number of pyridine rings is 1. The molecule has 5 aromatic rings. The van der Waals surface area contributed by atoms with Crippen molar-refractivity contribution >= 4 is 33.3 Å². The van der Waals surface area contributed by atoms with Crippen molar-refractivity contribution < 1.29 is 4.74 Å². The minimum atomic E-state index is -0.0992. The van der Waals surface area contributed by atoms with Gasteiger partial charge in [0.2, 0.25) is 0 Å². The van der Waals surface area contributed by atoms with Crippen LogP contribution in [-0.2, 0) is 6.54 Å². The van der Waals surface area contributed by atoms with Gasteiger partial charge in [-0.3, -0.25) is 15.6 Å². The molecule has 0 fully saturated rings. The van der Waals surface area contributed by atoms with Crippen LogP contribution in [0.3, 0.4) is 0 Å². The molecule has 0 unspecified atom stereocenters. The summed E-state index contributed by atoms with van der Waals surface area (Å²) in [4.78, 5) is 12.8. The Morgan fingerprint density at radius 3 is 2.23 bits per heavy atom. The highest BCUT2D eigenvalue weighted by atomic mass is 16.5. The number of fused-ring (bicyclic) bond motifs is 2. The lowest BCUT2D eigenvalue weighted by Gasteiger charge is -2.13. The molecule has 35 heavy (non-hydrogen) atoms. The second-order valence-electron chi connectivity index (χ2n) is 8.33. The molecule has 0 aliphatic carbocycles. The number of amidine groups is 2. The first-order valence-electron chi connectivity index (χ1n) is 11.0. The van der Waals surface area contributed by atoms with Gasteiger partial charge >= 0.3 is 0 Å². The topological polar surface area (TPSA) is 131 Å². The lowest BCUT2D eigenvalue weighted by atomic mass is 10.0. The van der Waals surface area contributed by atoms with Crippen molar-refractivity contribution in [3.8, 4) is 11.5 Å². The summed E-state index contributed by atoms with van der Waals surface area (Å²) in [5.74, 6) is 1.19. The Morgan fingerprint density at radius 2 is 1.43 bits per heavy atom. The number of rotatable bonds is 6. The summed E-state index contributed by atoms with van der Waals surface area (Å²) in [7, 11) is 0. The van der Waals surface area contributed by atoms with E-state index in [-0.39, 0.29) is 17.2 Å². The van der Waals surface area contributed by atoms with E-state index in [0.29, 0.717) is 29.2 Å². The average Bonchev–Trinajstić information content (AvgIpc) is 2.85. The number of nitrogens with one attached hydrogen (secondary N) is 2. The number of nitrogens with two attached hydrogens (primary N) is 2. The quantitative estimate of drug-likeness (QED) is 0.218. The number of nitrogen functional groups attached to an aromatic ring is 2. The first kappa shape index (κ1) is 21.9. The first-order chi connectivity index (χ1) is 16.9. The van der Waals surface area contributed by atoms with Crippen LogP contribution in [0.2, 0.25) is 0 Å². The van der Waals surface area contributed by atoms with Gasteiger partial charge in [-0.15, -0.1) is 0 Å². The molecule has 4 aromatic carbocycles. The molecule has 0 aliphatic rings. The summed E-state index contributed by atoms with van der Waals surface area (Å²) < 4.78 is 7.70. The Kier molecular flexibility index (Phi) is 5.51. The molecule has 0 atom stereocenters. The minimum Gasteiger partial charge on any atom is -0.457 e. The molecule has 0 amide bonds. The molecule has 0 saturated heterocycles. The number of aromatic nitrogens is 1. The second kappa shape index (κ2) is 8.79. The van der Waals surface area contributed by atoms with E-state index in [4.69, 9.17) is 27.0 Å². The van der Waals surface area contributed by atoms with Crippen molar-refractivity contribution in [1.82, 2.24) is 4.57 Å². The van der Waals surface area contributed by atoms with Crippen molar-refractivity contribution in [2.75, 3.05) is 0 Å². The molecule has 1 heterocycles. The van der Waals surface area contributed by atoms with Crippen LogP contribution >= 0.6 is 0 Å². The monoisotopic (exact) mass is 461 g/mol. The Balaban J connectivity index is 1.48. The summed E-state index contributed by atoms with van der Waals surface area (Å²) in [6.07, 6.45) is 0. The molecular weight excluding hydrogens is 438 g/mol. The van der Waals surface area contributed by atoms with E-state index in [1.54, 1.807) is 41.0 Å². The van der Waals surface area contributed by atoms with Crippen LogP contribution in [-0.4, -0.2) is 16.2 Å². The third-order valence-electron chi connectivity index (χ3n) is 5.90. The van der Waals surface area contributed by atoms with Gasteiger partial charge in [-0.25, -0.2) is 0 Å². The van der Waals surface area contributed by atoms with Gasteiger partial charge in [0, 0.05) is 22.6 Å². The number of hydrogen-bond donors (Lipinski definition) is 4. The molecule has 7 nitrogen and oxygen atoms in total. The van der Waals surface area contributed by atoms with Crippen molar-refractivity contribution in [2.45, 2.75) is 6.54 Å². The molecule has 0 radical (unpaired) electrons. The highest BCUT2D eigenvalue weighted by Gasteiger charge is 2.08. The number of ether oxygens (including phenoxy) is 1.